The van der Waals surface area contributed by atoms with Gasteiger partial charge >= 0.3 is 12.0 Å². The summed E-state index contributed by atoms with van der Waals surface area (Å²) in [6.45, 7) is 2.96. The summed E-state index contributed by atoms with van der Waals surface area (Å²) in [6.07, 6.45) is 0. The van der Waals surface area contributed by atoms with E-state index in [1.807, 2.05) is 0 Å². The van der Waals surface area contributed by atoms with E-state index in [1.54, 1.807) is 16.7 Å². The van der Waals surface area contributed by atoms with Crippen LogP contribution in [0.4, 0.5) is 4.79 Å². The maximum absolute atomic E-state index is 12.1. The van der Waals surface area contributed by atoms with Crippen LogP contribution in [0.25, 0.3) is 0 Å². The van der Waals surface area contributed by atoms with E-state index in [0.717, 1.165) is 4.90 Å². The number of urea groups is 1. The van der Waals surface area contributed by atoms with Crippen molar-refractivity contribution in [3.8, 4) is 0 Å². The number of imide groups is 1. The van der Waals surface area contributed by atoms with E-state index in [9.17, 15) is 19.2 Å². The molecule has 1 atom stereocenters. The van der Waals surface area contributed by atoms with E-state index >= 15 is 0 Å². The summed E-state index contributed by atoms with van der Waals surface area (Å²) in [4.78, 5) is 50.0. The number of carbonyl (C=O) groups is 4. The van der Waals surface area contributed by atoms with Crippen molar-refractivity contribution < 1.29 is 24.3 Å². The highest BCUT2D eigenvalue weighted by atomic mass is 16.4. The van der Waals surface area contributed by atoms with Crippen molar-refractivity contribution in [3.05, 3.63) is 0 Å². The van der Waals surface area contributed by atoms with Gasteiger partial charge in [-0.25, -0.2) is 4.79 Å². The van der Waals surface area contributed by atoms with E-state index in [2.05, 4.69) is 5.32 Å². The fourth-order valence-electron chi connectivity index (χ4n) is 2.37. The van der Waals surface area contributed by atoms with Crippen LogP contribution in [0.2, 0.25) is 0 Å². The minimum atomic E-state index is -0.894. The molecule has 21 heavy (non-hydrogen) atoms. The van der Waals surface area contributed by atoms with Gasteiger partial charge in [0.15, 0.2) is 0 Å². The average Bonchev–Trinajstić information content (AvgIpc) is 2.78. The van der Waals surface area contributed by atoms with Crippen LogP contribution in [0, 0.1) is 0 Å². The Bertz CT molecular complexity index is 456. The molecule has 9 heteroatoms. The Balaban J connectivity index is 1.84. The molecule has 2 aliphatic rings. The molecule has 9 nitrogen and oxygen atoms in total. The second-order valence-corrected chi connectivity index (χ2v) is 5.07. The van der Waals surface area contributed by atoms with Crippen molar-refractivity contribution in [1.82, 2.24) is 20.0 Å². The first-order valence-corrected chi connectivity index (χ1v) is 6.73. The number of carbonyl (C=O) groups excluding carboxylic acids is 3. The molecule has 116 valence electrons. The Morgan fingerprint density at radius 3 is 2.33 bits per heavy atom. The van der Waals surface area contributed by atoms with Gasteiger partial charge < -0.3 is 15.3 Å². The summed E-state index contributed by atoms with van der Waals surface area (Å²) in [5.41, 5.74) is 0. The molecule has 0 aromatic carbocycles. The van der Waals surface area contributed by atoms with Gasteiger partial charge in [-0.3, -0.25) is 24.2 Å². The summed E-state index contributed by atoms with van der Waals surface area (Å²) < 4.78 is 0. The number of nitrogens with one attached hydrogen (secondary N) is 1. The predicted octanol–water partition coefficient (Wildman–Crippen LogP) is -1.84. The number of aliphatic carboxylic acids is 1. The topological polar surface area (TPSA) is 110 Å². The van der Waals surface area contributed by atoms with E-state index in [1.165, 1.54) is 0 Å². The summed E-state index contributed by atoms with van der Waals surface area (Å²) in [5.74, 6) is -1.61. The number of carboxylic acids is 1. The van der Waals surface area contributed by atoms with Crippen LogP contribution < -0.4 is 5.32 Å². The summed E-state index contributed by atoms with van der Waals surface area (Å²) >= 11 is 0. The molecule has 4 amide bonds. The van der Waals surface area contributed by atoms with Crippen molar-refractivity contribution in [2.45, 2.75) is 13.0 Å². The minimum absolute atomic E-state index is 0.0734. The van der Waals surface area contributed by atoms with Crippen molar-refractivity contribution in [2.75, 3.05) is 39.3 Å². The molecule has 0 spiro atoms. The number of carboxylic acid groups (broad SMARTS) is 1. The molecular formula is C12H18N4O5. The molecule has 2 fully saturated rings. The number of rotatable bonds is 4. The van der Waals surface area contributed by atoms with E-state index in [-0.39, 0.29) is 19.0 Å². The number of hydrogen-bond donors (Lipinski definition) is 2. The quantitative estimate of drug-likeness (QED) is 0.590. The predicted molar refractivity (Wildman–Crippen MR) is 70.4 cm³/mol. The zero-order valence-electron chi connectivity index (χ0n) is 11.7. The molecular weight excluding hydrogens is 280 g/mol. The van der Waals surface area contributed by atoms with Crippen molar-refractivity contribution in [1.29, 1.82) is 0 Å². The molecule has 1 unspecified atom stereocenters. The normalized spacial score (nSPS) is 21.4. The van der Waals surface area contributed by atoms with Crippen molar-refractivity contribution >= 4 is 23.8 Å². The maximum Gasteiger partial charge on any atom is 0.325 e. The first-order valence-electron chi connectivity index (χ1n) is 6.73. The number of amides is 4. The van der Waals surface area contributed by atoms with Crippen LogP contribution in [-0.4, -0.2) is 88.9 Å². The van der Waals surface area contributed by atoms with E-state index in [4.69, 9.17) is 5.11 Å². The molecule has 0 bridgehead atoms. The van der Waals surface area contributed by atoms with Gasteiger partial charge in [0.2, 0.25) is 5.91 Å². The van der Waals surface area contributed by atoms with E-state index < -0.39 is 23.9 Å². The van der Waals surface area contributed by atoms with Gasteiger partial charge in [0.05, 0.1) is 6.54 Å². The zero-order chi connectivity index (χ0) is 15.6. The number of piperazine rings is 1. The minimum Gasteiger partial charge on any atom is -0.480 e. The Kier molecular flexibility index (Phi) is 4.41. The highest BCUT2D eigenvalue weighted by Crippen LogP contribution is 2.08. The summed E-state index contributed by atoms with van der Waals surface area (Å²) in [5, 5.41) is 11.3. The Morgan fingerprint density at radius 2 is 1.86 bits per heavy atom. The molecule has 2 rings (SSSR count). The van der Waals surface area contributed by atoms with Gasteiger partial charge in [-0.05, 0) is 6.92 Å². The highest BCUT2D eigenvalue weighted by Gasteiger charge is 2.33. The zero-order valence-corrected chi connectivity index (χ0v) is 11.7. The molecule has 2 N–H and O–H groups in total. The smallest absolute Gasteiger partial charge is 0.325 e. The van der Waals surface area contributed by atoms with Gasteiger partial charge in [-0.2, -0.15) is 0 Å². The lowest BCUT2D eigenvalue weighted by molar-refractivity contribution is -0.144. The fraction of sp³-hybridized carbons (Fsp3) is 0.667. The lowest BCUT2D eigenvalue weighted by Gasteiger charge is -2.36. The first kappa shape index (κ1) is 15.2. The molecule has 0 aliphatic carbocycles. The van der Waals surface area contributed by atoms with Crippen LogP contribution in [0.15, 0.2) is 0 Å². The van der Waals surface area contributed by atoms with Crippen LogP contribution in [0.3, 0.4) is 0 Å². The molecule has 2 saturated heterocycles. The summed E-state index contributed by atoms with van der Waals surface area (Å²) in [7, 11) is 0. The van der Waals surface area contributed by atoms with Crippen LogP contribution in [0.5, 0.6) is 0 Å². The Hall–Kier alpha value is -2.16. The van der Waals surface area contributed by atoms with Crippen LogP contribution in [-0.2, 0) is 14.4 Å². The SMILES string of the molecule is CC(C(=O)O)N1CCN(C(=O)CN2C(=O)CNC2=O)CC1. The molecule has 0 aromatic heterocycles. The molecule has 0 saturated carbocycles. The third-order valence-electron chi connectivity index (χ3n) is 3.80. The lowest BCUT2D eigenvalue weighted by Crippen LogP contribution is -2.55. The molecule has 0 aromatic rings. The monoisotopic (exact) mass is 298 g/mol. The van der Waals surface area contributed by atoms with Crippen molar-refractivity contribution in [3.63, 3.8) is 0 Å². The molecule has 2 heterocycles. The Labute approximate surface area is 121 Å². The van der Waals surface area contributed by atoms with Crippen molar-refractivity contribution in [2.24, 2.45) is 0 Å². The maximum atomic E-state index is 12.1. The third kappa shape index (κ3) is 3.30. The Morgan fingerprint density at radius 1 is 1.24 bits per heavy atom. The van der Waals surface area contributed by atoms with Gasteiger partial charge in [0.25, 0.3) is 5.91 Å². The molecule has 2 aliphatic heterocycles. The van der Waals surface area contributed by atoms with Gasteiger partial charge in [-0.1, -0.05) is 0 Å². The second kappa shape index (κ2) is 6.08. The lowest BCUT2D eigenvalue weighted by atomic mass is 10.2. The average molecular weight is 298 g/mol. The summed E-state index contributed by atoms with van der Waals surface area (Å²) in [6, 6.07) is -1.14. The van der Waals surface area contributed by atoms with Gasteiger partial charge in [0, 0.05) is 26.2 Å². The van der Waals surface area contributed by atoms with Gasteiger partial charge in [-0.15, -0.1) is 0 Å². The largest absolute Gasteiger partial charge is 0.480 e. The molecule has 0 radical (unpaired) electrons. The third-order valence-corrected chi connectivity index (χ3v) is 3.80. The van der Waals surface area contributed by atoms with Crippen LogP contribution in [0.1, 0.15) is 6.92 Å². The van der Waals surface area contributed by atoms with E-state index in [0.29, 0.717) is 26.2 Å². The van der Waals surface area contributed by atoms with Crippen LogP contribution >= 0.6 is 0 Å². The second-order valence-electron chi connectivity index (χ2n) is 5.07. The number of nitrogens with zero attached hydrogens (tertiary/aromatic N) is 3. The highest BCUT2D eigenvalue weighted by molar-refractivity contribution is 6.04. The fourth-order valence-corrected chi connectivity index (χ4v) is 2.37. The number of hydrogen-bond acceptors (Lipinski definition) is 5. The first-order chi connectivity index (χ1) is 9.90. The van der Waals surface area contributed by atoms with Gasteiger partial charge in [0.1, 0.15) is 12.6 Å². The standard InChI is InChI=1S/C12H18N4O5/c1-8(11(19)20)14-2-4-15(5-3-14)10(18)7-16-9(17)6-13-12(16)21/h8H,2-7H2,1H3,(H,13,21)(H,19,20).